The van der Waals surface area contributed by atoms with Gasteiger partial charge in [0.05, 0.1) is 11.9 Å². The number of carbonyl (C=O) groups is 1. The Hall–Kier alpha value is -1.80. The summed E-state index contributed by atoms with van der Waals surface area (Å²) in [4.78, 5) is 11.6. The Balaban J connectivity index is 2.57. The average molecular weight is 387 g/mol. The normalized spacial score (nSPS) is 13.1. The highest BCUT2D eigenvalue weighted by molar-refractivity contribution is 7.92. The van der Waals surface area contributed by atoms with Crippen LogP contribution in [0.25, 0.3) is 0 Å². The second kappa shape index (κ2) is 9.78. The van der Waals surface area contributed by atoms with Gasteiger partial charge in [0.15, 0.2) is 0 Å². The zero-order valence-corrected chi connectivity index (χ0v) is 16.7. The molecule has 0 radical (unpaired) electrons. The van der Waals surface area contributed by atoms with E-state index >= 15 is 0 Å². The van der Waals surface area contributed by atoms with E-state index in [1.165, 1.54) is 0 Å². The van der Waals surface area contributed by atoms with Crippen LogP contribution in [0.3, 0.4) is 0 Å². The van der Waals surface area contributed by atoms with E-state index in [0.29, 0.717) is 17.7 Å². The standard InChI is InChI=1S/C18H30N2O5S/c1-5-6-12-26(23,24)20-15-9-7-8-14(13-15)16(21)10-11-19-17(22)25-18(2,3)4/h7-9,13,16,20-21H,5-6,10-12H2,1-4H3,(H,19,22). The van der Waals surface area contributed by atoms with Crippen molar-refractivity contribution in [3.8, 4) is 0 Å². The Labute approximate surface area is 156 Å². The molecule has 1 atom stereocenters. The van der Waals surface area contributed by atoms with Crippen molar-refractivity contribution < 1.29 is 23.1 Å². The van der Waals surface area contributed by atoms with E-state index in [0.717, 1.165) is 6.42 Å². The molecule has 7 nitrogen and oxygen atoms in total. The third-order valence-corrected chi connectivity index (χ3v) is 4.77. The number of nitrogens with one attached hydrogen (secondary N) is 2. The topological polar surface area (TPSA) is 105 Å². The van der Waals surface area contributed by atoms with Crippen molar-refractivity contribution in [1.29, 1.82) is 0 Å². The number of unbranched alkanes of at least 4 members (excludes halogenated alkanes) is 1. The molecular weight excluding hydrogens is 356 g/mol. The molecule has 3 N–H and O–H groups in total. The van der Waals surface area contributed by atoms with Gasteiger partial charge in [-0.2, -0.15) is 0 Å². The van der Waals surface area contributed by atoms with Crippen LogP contribution in [-0.2, 0) is 14.8 Å². The lowest BCUT2D eigenvalue weighted by molar-refractivity contribution is 0.0518. The minimum atomic E-state index is -3.39. The molecule has 0 aliphatic heterocycles. The van der Waals surface area contributed by atoms with Gasteiger partial charge >= 0.3 is 6.09 Å². The third kappa shape index (κ3) is 9.05. The number of rotatable bonds is 9. The van der Waals surface area contributed by atoms with Crippen molar-refractivity contribution in [1.82, 2.24) is 5.32 Å². The van der Waals surface area contributed by atoms with Gasteiger partial charge in [0.25, 0.3) is 0 Å². The quantitative estimate of drug-likeness (QED) is 0.604. The van der Waals surface area contributed by atoms with Gasteiger partial charge in [0.2, 0.25) is 10.0 Å². The Morgan fingerprint density at radius 3 is 2.62 bits per heavy atom. The van der Waals surface area contributed by atoms with Gasteiger partial charge in [-0.3, -0.25) is 4.72 Å². The van der Waals surface area contributed by atoms with Crippen molar-refractivity contribution >= 4 is 21.8 Å². The molecule has 1 amide bonds. The van der Waals surface area contributed by atoms with Crippen LogP contribution in [0.15, 0.2) is 24.3 Å². The first-order chi connectivity index (χ1) is 12.0. The summed E-state index contributed by atoms with van der Waals surface area (Å²) in [6, 6.07) is 6.62. The number of alkyl carbamates (subject to hydrolysis) is 1. The first-order valence-electron chi connectivity index (χ1n) is 8.78. The van der Waals surface area contributed by atoms with Crippen LogP contribution < -0.4 is 10.0 Å². The molecular formula is C18H30N2O5S. The molecule has 26 heavy (non-hydrogen) atoms. The van der Waals surface area contributed by atoms with Crippen LogP contribution >= 0.6 is 0 Å². The summed E-state index contributed by atoms with van der Waals surface area (Å²) >= 11 is 0. The number of amides is 1. The van der Waals surface area contributed by atoms with Crippen LogP contribution in [0.5, 0.6) is 0 Å². The van der Waals surface area contributed by atoms with Crippen LogP contribution in [0.1, 0.15) is 58.6 Å². The van der Waals surface area contributed by atoms with Gasteiger partial charge in [-0.1, -0.05) is 25.5 Å². The SMILES string of the molecule is CCCCS(=O)(=O)Nc1cccc(C(O)CCNC(=O)OC(C)(C)C)c1. The van der Waals surface area contributed by atoms with Gasteiger partial charge in [-0.25, -0.2) is 13.2 Å². The first kappa shape index (κ1) is 22.2. The largest absolute Gasteiger partial charge is 0.444 e. The smallest absolute Gasteiger partial charge is 0.407 e. The molecule has 0 saturated heterocycles. The van der Waals surface area contributed by atoms with E-state index in [9.17, 15) is 18.3 Å². The zero-order valence-electron chi connectivity index (χ0n) is 15.9. The van der Waals surface area contributed by atoms with Gasteiger partial charge in [-0.05, 0) is 51.3 Å². The van der Waals surface area contributed by atoms with Crippen LogP contribution in [-0.4, -0.2) is 37.5 Å². The maximum absolute atomic E-state index is 12.0. The van der Waals surface area contributed by atoms with Crippen molar-refractivity contribution in [3.63, 3.8) is 0 Å². The predicted molar refractivity (Wildman–Crippen MR) is 103 cm³/mol. The number of benzene rings is 1. The Morgan fingerprint density at radius 2 is 2.00 bits per heavy atom. The molecule has 1 aromatic carbocycles. The third-order valence-electron chi connectivity index (χ3n) is 3.40. The number of anilines is 1. The maximum atomic E-state index is 12.0. The second-order valence-corrected chi connectivity index (χ2v) is 8.97. The fourth-order valence-electron chi connectivity index (χ4n) is 2.17. The average Bonchev–Trinajstić information content (AvgIpc) is 2.51. The fraction of sp³-hybridized carbons (Fsp3) is 0.611. The number of aliphatic hydroxyl groups excluding tert-OH is 1. The van der Waals surface area contributed by atoms with Gasteiger partial charge in [0, 0.05) is 12.2 Å². The molecule has 148 valence electrons. The van der Waals surface area contributed by atoms with Gasteiger partial charge < -0.3 is 15.2 Å². The summed E-state index contributed by atoms with van der Waals surface area (Å²) in [6.07, 6.45) is 0.302. The van der Waals surface area contributed by atoms with Crippen LogP contribution in [0, 0.1) is 0 Å². The summed E-state index contributed by atoms with van der Waals surface area (Å²) in [5.41, 5.74) is 0.413. The molecule has 0 aliphatic rings. The minimum absolute atomic E-state index is 0.0656. The molecule has 1 unspecified atom stereocenters. The Kier molecular flexibility index (Phi) is 8.36. The molecule has 8 heteroatoms. The molecule has 0 aliphatic carbocycles. The van der Waals surface area contributed by atoms with E-state index in [4.69, 9.17) is 4.74 Å². The molecule has 1 aromatic rings. The highest BCUT2D eigenvalue weighted by Gasteiger charge is 2.16. The first-order valence-corrected chi connectivity index (χ1v) is 10.4. The van der Waals surface area contributed by atoms with Crippen molar-refractivity contribution in [2.75, 3.05) is 17.0 Å². The summed E-state index contributed by atoms with van der Waals surface area (Å²) < 4.78 is 31.6. The van der Waals surface area contributed by atoms with Gasteiger partial charge in [-0.15, -0.1) is 0 Å². The monoisotopic (exact) mass is 386 g/mol. The fourth-order valence-corrected chi connectivity index (χ4v) is 3.42. The number of carbonyl (C=O) groups excluding carboxylic acids is 1. The van der Waals surface area contributed by atoms with E-state index in [-0.39, 0.29) is 18.7 Å². The van der Waals surface area contributed by atoms with E-state index in [2.05, 4.69) is 10.0 Å². The van der Waals surface area contributed by atoms with E-state index in [1.54, 1.807) is 45.0 Å². The van der Waals surface area contributed by atoms with Crippen molar-refractivity contribution in [2.24, 2.45) is 0 Å². The molecule has 0 heterocycles. The van der Waals surface area contributed by atoms with E-state index in [1.807, 2.05) is 6.92 Å². The molecule has 0 saturated carbocycles. The molecule has 1 rings (SSSR count). The van der Waals surface area contributed by atoms with Gasteiger partial charge in [0.1, 0.15) is 5.60 Å². The summed E-state index contributed by atoms with van der Waals surface area (Å²) in [7, 11) is -3.39. The molecule has 0 spiro atoms. The molecule has 0 aromatic heterocycles. The predicted octanol–water partition coefficient (Wildman–Crippen LogP) is 3.18. The molecule has 0 bridgehead atoms. The van der Waals surface area contributed by atoms with Crippen LogP contribution in [0.2, 0.25) is 0 Å². The number of sulfonamides is 1. The maximum Gasteiger partial charge on any atom is 0.407 e. The zero-order chi connectivity index (χ0) is 19.8. The number of hydrogen-bond donors (Lipinski definition) is 3. The number of aliphatic hydroxyl groups is 1. The Morgan fingerprint density at radius 1 is 1.31 bits per heavy atom. The highest BCUT2D eigenvalue weighted by Crippen LogP contribution is 2.21. The highest BCUT2D eigenvalue weighted by atomic mass is 32.2. The lowest BCUT2D eigenvalue weighted by Gasteiger charge is -2.20. The lowest BCUT2D eigenvalue weighted by atomic mass is 10.1. The van der Waals surface area contributed by atoms with Crippen molar-refractivity contribution in [2.45, 2.75) is 58.7 Å². The summed E-state index contributed by atoms with van der Waals surface area (Å²) in [5.74, 6) is 0.0656. The summed E-state index contributed by atoms with van der Waals surface area (Å²) in [6.45, 7) is 7.48. The summed E-state index contributed by atoms with van der Waals surface area (Å²) in [5, 5.41) is 12.8. The molecule has 0 fully saturated rings. The second-order valence-electron chi connectivity index (χ2n) is 7.13. The van der Waals surface area contributed by atoms with Crippen LogP contribution in [0.4, 0.5) is 10.5 Å². The number of ether oxygens (including phenoxy) is 1. The lowest BCUT2D eigenvalue weighted by Crippen LogP contribution is -2.33. The minimum Gasteiger partial charge on any atom is -0.444 e. The Bertz CT molecular complexity index is 683. The van der Waals surface area contributed by atoms with E-state index < -0.39 is 27.8 Å². The number of hydrogen-bond acceptors (Lipinski definition) is 5. The van der Waals surface area contributed by atoms with Crippen molar-refractivity contribution in [3.05, 3.63) is 29.8 Å².